The van der Waals surface area contributed by atoms with Gasteiger partial charge in [0.15, 0.2) is 0 Å². The van der Waals surface area contributed by atoms with Gasteiger partial charge in [0.05, 0.1) is 12.1 Å². The van der Waals surface area contributed by atoms with E-state index in [1.165, 1.54) is 0 Å². The maximum atomic E-state index is 11.9. The molecule has 1 aromatic rings. The van der Waals surface area contributed by atoms with E-state index in [1.807, 2.05) is 45.0 Å². The Balaban J connectivity index is 2.61. The summed E-state index contributed by atoms with van der Waals surface area (Å²) in [5.74, 6) is 0.113. The minimum Gasteiger partial charge on any atom is -0.348 e. The highest BCUT2D eigenvalue weighted by Gasteiger charge is 2.21. The van der Waals surface area contributed by atoms with Crippen molar-refractivity contribution in [3.05, 3.63) is 34.3 Å². The lowest BCUT2D eigenvalue weighted by Crippen LogP contribution is -2.45. The first kappa shape index (κ1) is 15.2. The van der Waals surface area contributed by atoms with Crippen molar-refractivity contribution in [1.82, 2.24) is 5.32 Å². The Morgan fingerprint density at radius 1 is 1.33 bits per heavy atom. The number of hydrogen-bond acceptors (Lipinski definition) is 2. The third-order valence-electron chi connectivity index (χ3n) is 3.29. The molecule has 1 amide bonds. The second kappa shape index (κ2) is 6.90. The van der Waals surface area contributed by atoms with Gasteiger partial charge in [-0.05, 0) is 30.5 Å². The van der Waals surface area contributed by atoms with E-state index >= 15 is 0 Å². The fraction of sp³-hybridized carbons (Fsp3) is 0.500. The molecular formula is C14H21BrN2O. The van der Waals surface area contributed by atoms with Crippen LogP contribution >= 0.6 is 15.9 Å². The number of carbonyl (C=O) groups excluding carboxylic acids is 1. The first-order valence-corrected chi connectivity index (χ1v) is 7.06. The predicted molar refractivity (Wildman–Crippen MR) is 78.1 cm³/mol. The van der Waals surface area contributed by atoms with Gasteiger partial charge in [0, 0.05) is 4.47 Å². The standard InChI is InChI=1S/C14H21BrN2O/c1-4-9(2)13(16)14(18)17-10(3)11-5-7-12(15)8-6-11/h5-10,13H,4,16H2,1-3H3,(H,17,18)/t9-,10+,13-/m0/s1. The third-order valence-corrected chi connectivity index (χ3v) is 3.82. The van der Waals surface area contributed by atoms with Crippen LogP contribution in [0.5, 0.6) is 0 Å². The van der Waals surface area contributed by atoms with Crippen LogP contribution in [-0.4, -0.2) is 11.9 Å². The van der Waals surface area contributed by atoms with E-state index in [0.29, 0.717) is 0 Å². The largest absolute Gasteiger partial charge is 0.348 e. The topological polar surface area (TPSA) is 55.1 Å². The van der Waals surface area contributed by atoms with Crippen LogP contribution in [0.25, 0.3) is 0 Å². The van der Waals surface area contributed by atoms with Gasteiger partial charge in [-0.3, -0.25) is 4.79 Å². The molecule has 0 aliphatic heterocycles. The van der Waals surface area contributed by atoms with Crippen molar-refractivity contribution in [2.24, 2.45) is 11.7 Å². The van der Waals surface area contributed by atoms with Crippen LogP contribution in [0, 0.1) is 5.92 Å². The number of halogens is 1. The second-order valence-corrected chi connectivity index (χ2v) is 5.61. The average Bonchev–Trinajstić information content (AvgIpc) is 2.37. The number of hydrogen-bond donors (Lipinski definition) is 2. The first-order chi connectivity index (χ1) is 8.45. The molecule has 3 nitrogen and oxygen atoms in total. The van der Waals surface area contributed by atoms with E-state index in [-0.39, 0.29) is 17.9 Å². The summed E-state index contributed by atoms with van der Waals surface area (Å²) in [6.07, 6.45) is 0.904. The van der Waals surface area contributed by atoms with Crippen molar-refractivity contribution in [1.29, 1.82) is 0 Å². The molecule has 0 saturated carbocycles. The monoisotopic (exact) mass is 312 g/mol. The fourth-order valence-corrected chi connectivity index (χ4v) is 1.92. The Bertz CT molecular complexity index is 391. The smallest absolute Gasteiger partial charge is 0.237 e. The van der Waals surface area contributed by atoms with Gasteiger partial charge in [0.2, 0.25) is 5.91 Å². The molecule has 0 spiro atoms. The number of benzene rings is 1. The molecule has 0 bridgehead atoms. The van der Waals surface area contributed by atoms with E-state index in [9.17, 15) is 4.79 Å². The summed E-state index contributed by atoms with van der Waals surface area (Å²) < 4.78 is 1.03. The summed E-state index contributed by atoms with van der Waals surface area (Å²) >= 11 is 3.39. The summed E-state index contributed by atoms with van der Waals surface area (Å²) in [4.78, 5) is 11.9. The van der Waals surface area contributed by atoms with E-state index < -0.39 is 6.04 Å². The lowest BCUT2D eigenvalue weighted by molar-refractivity contribution is -0.124. The normalized spacial score (nSPS) is 15.8. The van der Waals surface area contributed by atoms with Crippen molar-refractivity contribution in [3.8, 4) is 0 Å². The van der Waals surface area contributed by atoms with Gasteiger partial charge in [-0.2, -0.15) is 0 Å². The van der Waals surface area contributed by atoms with Crippen LogP contribution in [0.1, 0.15) is 38.8 Å². The number of rotatable bonds is 5. The van der Waals surface area contributed by atoms with Crippen LogP contribution in [0.4, 0.5) is 0 Å². The molecule has 0 aromatic heterocycles. The minimum atomic E-state index is -0.437. The lowest BCUT2D eigenvalue weighted by atomic mass is 9.98. The SMILES string of the molecule is CC[C@H](C)[C@H](N)C(=O)N[C@H](C)c1ccc(Br)cc1. The zero-order valence-corrected chi connectivity index (χ0v) is 12.7. The molecule has 100 valence electrons. The van der Waals surface area contributed by atoms with Crippen LogP contribution in [0.3, 0.4) is 0 Å². The molecule has 3 atom stereocenters. The molecule has 1 aromatic carbocycles. The number of nitrogens with two attached hydrogens (primary N) is 1. The highest BCUT2D eigenvalue weighted by molar-refractivity contribution is 9.10. The molecule has 4 heteroatoms. The van der Waals surface area contributed by atoms with Gasteiger partial charge in [0.25, 0.3) is 0 Å². The summed E-state index contributed by atoms with van der Waals surface area (Å²) in [6, 6.07) is 7.45. The van der Waals surface area contributed by atoms with Gasteiger partial charge in [-0.15, -0.1) is 0 Å². The molecule has 0 heterocycles. The molecule has 0 fully saturated rings. The Hall–Kier alpha value is -0.870. The Kier molecular flexibility index (Phi) is 5.82. The quantitative estimate of drug-likeness (QED) is 0.878. The summed E-state index contributed by atoms with van der Waals surface area (Å²) in [5.41, 5.74) is 6.97. The maximum absolute atomic E-state index is 11.9. The van der Waals surface area contributed by atoms with Gasteiger partial charge in [-0.25, -0.2) is 0 Å². The van der Waals surface area contributed by atoms with Crippen molar-refractivity contribution in [2.45, 2.75) is 39.3 Å². The van der Waals surface area contributed by atoms with E-state index in [1.54, 1.807) is 0 Å². The lowest BCUT2D eigenvalue weighted by Gasteiger charge is -2.21. The zero-order valence-electron chi connectivity index (χ0n) is 11.1. The molecule has 0 aliphatic carbocycles. The van der Waals surface area contributed by atoms with Crippen molar-refractivity contribution in [2.75, 3.05) is 0 Å². The molecule has 0 saturated heterocycles. The highest BCUT2D eigenvalue weighted by atomic mass is 79.9. The van der Waals surface area contributed by atoms with E-state index in [2.05, 4.69) is 21.2 Å². The number of nitrogens with one attached hydrogen (secondary N) is 1. The van der Waals surface area contributed by atoms with Gasteiger partial charge >= 0.3 is 0 Å². The molecule has 0 aliphatic rings. The van der Waals surface area contributed by atoms with Crippen molar-refractivity contribution in [3.63, 3.8) is 0 Å². The van der Waals surface area contributed by atoms with Crippen LogP contribution in [0.15, 0.2) is 28.7 Å². The highest BCUT2D eigenvalue weighted by Crippen LogP contribution is 2.17. The van der Waals surface area contributed by atoms with E-state index in [4.69, 9.17) is 5.73 Å². The second-order valence-electron chi connectivity index (χ2n) is 4.69. The third kappa shape index (κ3) is 4.10. The number of carbonyl (C=O) groups is 1. The summed E-state index contributed by atoms with van der Waals surface area (Å²) in [7, 11) is 0. The fourth-order valence-electron chi connectivity index (χ4n) is 1.66. The van der Waals surface area contributed by atoms with Crippen LogP contribution in [-0.2, 0) is 4.79 Å². The van der Waals surface area contributed by atoms with Crippen molar-refractivity contribution >= 4 is 21.8 Å². The predicted octanol–water partition coefficient (Wildman–Crippen LogP) is 3.00. The van der Waals surface area contributed by atoms with Gasteiger partial charge in [0.1, 0.15) is 0 Å². The average molecular weight is 313 g/mol. The Morgan fingerprint density at radius 3 is 2.39 bits per heavy atom. The molecular weight excluding hydrogens is 292 g/mol. The van der Waals surface area contributed by atoms with Crippen LogP contribution < -0.4 is 11.1 Å². The van der Waals surface area contributed by atoms with E-state index in [0.717, 1.165) is 16.5 Å². The molecule has 18 heavy (non-hydrogen) atoms. The van der Waals surface area contributed by atoms with Gasteiger partial charge in [-0.1, -0.05) is 48.3 Å². The van der Waals surface area contributed by atoms with Crippen LogP contribution in [0.2, 0.25) is 0 Å². The van der Waals surface area contributed by atoms with Crippen molar-refractivity contribution < 1.29 is 4.79 Å². The van der Waals surface area contributed by atoms with Gasteiger partial charge < -0.3 is 11.1 Å². The number of amides is 1. The first-order valence-electron chi connectivity index (χ1n) is 6.27. The summed E-state index contributed by atoms with van der Waals surface area (Å²) in [6.45, 7) is 6.00. The molecule has 0 unspecified atom stereocenters. The Labute approximate surface area is 117 Å². The molecule has 1 rings (SSSR count). The zero-order chi connectivity index (χ0) is 13.7. The summed E-state index contributed by atoms with van der Waals surface area (Å²) in [5, 5.41) is 2.95. The maximum Gasteiger partial charge on any atom is 0.237 e. The Morgan fingerprint density at radius 2 is 1.89 bits per heavy atom. The molecule has 3 N–H and O–H groups in total. The molecule has 0 radical (unpaired) electrons. The minimum absolute atomic E-state index is 0.0271.